The molecule has 0 radical (unpaired) electrons. The maximum Gasteiger partial charge on any atom is 0.131 e. The van der Waals surface area contributed by atoms with Gasteiger partial charge in [-0.2, -0.15) is 0 Å². The molecule has 0 saturated carbocycles. The Kier molecular flexibility index (Phi) is 3.77. The molecule has 1 aliphatic rings. The molecule has 0 bridgehead atoms. The maximum atomic E-state index is 13.7. The van der Waals surface area contributed by atoms with E-state index < -0.39 is 0 Å². The summed E-state index contributed by atoms with van der Waals surface area (Å²) in [5.74, 6) is -0.134. The minimum absolute atomic E-state index is 0.134. The van der Waals surface area contributed by atoms with Gasteiger partial charge in [-0.25, -0.2) is 4.39 Å². The van der Waals surface area contributed by atoms with E-state index in [1.807, 2.05) is 12.1 Å². The highest BCUT2D eigenvalue weighted by Gasteiger charge is 2.14. The molecule has 2 rings (SSSR count). The molecule has 0 amide bonds. The monoisotopic (exact) mass is 283 g/mol. The van der Waals surface area contributed by atoms with E-state index in [2.05, 4.69) is 33.8 Å². The first-order valence-corrected chi connectivity index (χ1v) is 6.37. The molecule has 16 heavy (non-hydrogen) atoms. The third-order valence-electron chi connectivity index (χ3n) is 3.02. The molecular formula is C13H15BrFN. The summed E-state index contributed by atoms with van der Waals surface area (Å²) in [7, 11) is 0. The van der Waals surface area contributed by atoms with E-state index in [1.165, 1.54) is 6.07 Å². The third kappa shape index (κ3) is 2.53. The molecule has 1 nitrogen and oxygen atoms in total. The molecule has 0 N–H and O–H groups in total. The Morgan fingerprint density at radius 3 is 2.81 bits per heavy atom. The first-order chi connectivity index (χ1) is 7.70. The number of halogens is 2. The summed E-state index contributed by atoms with van der Waals surface area (Å²) in [5, 5.41) is 0. The lowest BCUT2D eigenvalue weighted by atomic mass is 9.99. The molecule has 0 spiro atoms. The summed E-state index contributed by atoms with van der Waals surface area (Å²) >= 11 is 3.27. The van der Waals surface area contributed by atoms with Crippen LogP contribution in [0.4, 0.5) is 4.39 Å². The zero-order chi connectivity index (χ0) is 11.5. The lowest BCUT2D eigenvalue weighted by Gasteiger charge is -2.25. The summed E-state index contributed by atoms with van der Waals surface area (Å²) in [6.07, 6.45) is 3.08. The molecule has 1 aliphatic heterocycles. The van der Waals surface area contributed by atoms with Crippen LogP contribution in [0.2, 0.25) is 0 Å². The number of rotatable bonds is 2. The van der Waals surface area contributed by atoms with Crippen LogP contribution in [0.1, 0.15) is 18.9 Å². The molecule has 3 heteroatoms. The van der Waals surface area contributed by atoms with Gasteiger partial charge in [0.1, 0.15) is 5.82 Å². The fourth-order valence-electron chi connectivity index (χ4n) is 1.99. The van der Waals surface area contributed by atoms with Crippen LogP contribution in [0.5, 0.6) is 0 Å². The van der Waals surface area contributed by atoms with Gasteiger partial charge in [0.25, 0.3) is 0 Å². The van der Waals surface area contributed by atoms with E-state index in [9.17, 15) is 4.39 Å². The fraction of sp³-hybridized carbons (Fsp3) is 0.385. The van der Waals surface area contributed by atoms with Crippen LogP contribution in [0, 0.1) is 5.82 Å². The van der Waals surface area contributed by atoms with Gasteiger partial charge in [-0.3, -0.25) is 4.90 Å². The second-order valence-corrected chi connectivity index (χ2v) is 4.91. The molecule has 0 saturated heterocycles. The molecular weight excluding hydrogens is 269 g/mol. The average Bonchev–Trinajstić information content (AvgIpc) is 2.29. The normalized spacial score (nSPS) is 17.3. The summed E-state index contributed by atoms with van der Waals surface area (Å²) < 4.78 is 14.5. The van der Waals surface area contributed by atoms with Crippen molar-refractivity contribution in [3.63, 3.8) is 0 Å². The van der Waals surface area contributed by atoms with Crippen LogP contribution in [0.15, 0.2) is 28.7 Å². The van der Waals surface area contributed by atoms with E-state index in [0.29, 0.717) is 0 Å². The summed E-state index contributed by atoms with van der Waals surface area (Å²) in [5.41, 5.74) is 1.88. The van der Waals surface area contributed by atoms with Gasteiger partial charge in [0.15, 0.2) is 0 Å². The van der Waals surface area contributed by atoms with E-state index >= 15 is 0 Å². The number of hydrogen-bond donors (Lipinski definition) is 0. The van der Waals surface area contributed by atoms with Gasteiger partial charge < -0.3 is 0 Å². The highest BCUT2D eigenvalue weighted by atomic mass is 79.9. The molecule has 0 aromatic heterocycles. The van der Waals surface area contributed by atoms with Crippen molar-refractivity contribution >= 4 is 21.5 Å². The molecule has 0 fully saturated rings. The Labute approximate surface area is 104 Å². The molecule has 0 aliphatic carbocycles. The van der Waals surface area contributed by atoms with Gasteiger partial charge in [0.2, 0.25) is 0 Å². The van der Waals surface area contributed by atoms with Gasteiger partial charge >= 0.3 is 0 Å². The van der Waals surface area contributed by atoms with Crippen molar-refractivity contribution in [2.75, 3.05) is 19.6 Å². The summed E-state index contributed by atoms with van der Waals surface area (Å²) in [4.78, 5) is 2.35. The smallest absolute Gasteiger partial charge is 0.131 e. The molecule has 1 heterocycles. The van der Waals surface area contributed by atoms with Gasteiger partial charge in [0.05, 0.1) is 0 Å². The minimum atomic E-state index is -0.134. The lowest BCUT2D eigenvalue weighted by molar-refractivity contribution is 0.318. The highest BCUT2D eigenvalue weighted by molar-refractivity contribution is 9.10. The SMILES string of the molecule is CCN1CC=C(c2ccc(Br)cc2F)CC1. The van der Waals surface area contributed by atoms with Gasteiger partial charge in [-0.15, -0.1) is 0 Å². The summed E-state index contributed by atoms with van der Waals surface area (Å²) in [6.45, 7) is 5.17. The minimum Gasteiger partial charge on any atom is -0.300 e. The Morgan fingerprint density at radius 2 is 2.25 bits per heavy atom. The third-order valence-corrected chi connectivity index (χ3v) is 3.51. The molecule has 0 atom stereocenters. The van der Waals surface area contributed by atoms with Crippen LogP contribution in [-0.4, -0.2) is 24.5 Å². The van der Waals surface area contributed by atoms with Crippen molar-refractivity contribution in [2.45, 2.75) is 13.3 Å². The van der Waals surface area contributed by atoms with E-state index in [4.69, 9.17) is 0 Å². The summed E-state index contributed by atoms with van der Waals surface area (Å²) in [6, 6.07) is 5.28. The standard InChI is InChI=1S/C13H15BrFN/c1-2-16-7-5-10(6-8-16)12-4-3-11(14)9-13(12)15/h3-5,9H,2,6-8H2,1H3. The van der Waals surface area contributed by atoms with Crippen LogP contribution >= 0.6 is 15.9 Å². The zero-order valence-corrected chi connectivity index (χ0v) is 10.9. The van der Waals surface area contributed by atoms with E-state index in [-0.39, 0.29) is 5.82 Å². The van der Waals surface area contributed by atoms with Crippen LogP contribution in [-0.2, 0) is 0 Å². The Bertz CT molecular complexity index is 414. The Balaban J connectivity index is 2.22. The van der Waals surface area contributed by atoms with Crippen LogP contribution < -0.4 is 0 Å². The highest BCUT2D eigenvalue weighted by Crippen LogP contribution is 2.26. The fourth-order valence-corrected chi connectivity index (χ4v) is 2.33. The zero-order valence-electron chi connectivity index (χ0n) is 9.34. The largest absolute Gasteiger partial charge is 0.300 e. The average molecular weight is 284 g/mol. The molecule has 1 aromatic rings. The van der Waals surface area contributed by atoms with Crippen molar-refractivity contribution in [3.05, 3.63) is 40.1 Å². The topological polar surface area (TPSA) is 3.24 Å². The second kappa shape index (κ2) is 5.11. The van der Waals surface area contributed by atoms with Gasteiger partial charge in [-0.05, 0) is 30.7 Å². The number of likely N-dealkylation sites (N-methyl/N-ethyl adjacent to an activating group) is 1. The van der Waals surface area contributed by atoms with Crippen molar-refractivity contribution in [1.82, 2.24) is 4.90 Å². The molecule has 0 unspecified atom stereocenters. The first-order valence-electron chi connectivity index (χ1n) is 5.57. The van der Waals surface area contributed by atoms with E-state index in [1.54, 1.807) is 0 Å². The quantitative estimate of drug-likeness (QED) is 0.800. The van der Waals surface area contributed by atoms with Crippen LogP contribution in [0.3, 0.4) is 0 Å². The van der Waals surface area contributed by atoms with Crippen molar-refractivity contribution < 1.29 is 4.39 Å². The number of benzene rings is 1. The predicted molar refractivity (Wildman–Crippen MR) is 68.8 cm³/mol. The lowest BCUT2D eigenvalue weighted by Crippen LogP contribution is -2.28. The maximum absolute atomic E-state index is 13.7. The predicted octanol–water partition coefficient (Wildman–Crippen LogP) is 3.70. The Hall–Kier alpha value is -0.670. The van der Waals surface area contributed by atoms with Crippen molar-refractivity contribution in [2.24, 2.45) is 0 Å². The number of nitrogens with zero attached hydrogens (tertiary/aromatic N) is 1. The molecule has 1 aromatic carbocycles. The van der Waals surface area contributed by atoms with E-state index in [0.717, 1.165) is 41.7 Å². The van der Waals surface area contributed by atoms with Gasteiger partial charge in [-0.1, -0.05) is 35.0 Å². The van der Waals surface area contributed by atoms with Crippen molar-refractivity contribution in [3.8, 4) is 0 Å². The first kappa shape index (κ1) is 11.8. The van der Waals surface area contributed by atoms with Crippen molar-refractivity contribution in [1.29, 1.82) is 0 Å². The van der Waals surface area contributed by atoms with Crippen LogP contribution in [0.25, 0.3) is 5.57 Å². The second-order valence-electron chi connectivity index (χ2n) is 4.00. The molecule has 86 valence electrons. The Morgan fingerprint density at radius 1 is 1.44 bits per heavy atom. The van der Waals surface area contributed by atoms with Gasteiger partial charge in [0, 0.05) is 23.1 Å². The number of hydrogen-bond acceptors (Lipinski definition) is 1.